The van der Waals surface area contributed by atoms with Gasteiger partial charge in [-0.15, -0.1) is 0 Å². The Morgan fingerprint density at radius 3 is 2.43 bits per heavy atom. The summed E-state index contributed by atoms with van der Waals surface area (Å²) in [7, 11) is 0. The highest BCUT2D eigenvalue weighted by Gasteiger charge is 2.58. The fourth-order valence-corrected chi connectivity index (χ4v) is 1.72. The summed E-state index contributed by atoms with van der Waals surface area (Å²) in [6.07, 6.45) is -5.78. The zero-order valence-electron chi connectivity index (χ0n) is 10.6. The Bertz CT molecular complexity index is 558. The van der Waals surface area contributed by atoms with E-state index in [0.717, 1.165) is 12.2 Å². The summed E-state index contributed by atoms with van der Waals surface area (Å²) < 4.78 is 71.9. The van der Waals surface area contributed by atoms with Gasteiger partial charge in [0.1, 0.15) is 0 Å². The average Bonchev–Trinajstić information content (AvgIpc) is 2.82. The van der Waals surface area contributed by atoms with Crippen LogP contribution in [0, 0.1) is 0 Å². The molecule has 116 valence electrons. The topological polar surface area (TPSA) is 47.6 Å². The summed E-state index contributed by atoms with van der Waals surface area (Å²) in [5, 5.41) is 0.982. The van der Waals surface area contributed by atoms with Gasteiger partial charge in [-0.05, 0) is 25.1 Å². The van der Waals surface area contributed by atoms with Crippen molar-refractivity contribution in [2.75, 3.05) is 6.79 Å². The molecule has 4 nitrogen and oxygen atoms in total. The molecule has 0 fully saturated rings. The molecule has 21 heavy (non-hydrogen) atoms. The van der Waals surface area contributed by atoms with Gasteiger partial charge in [0, 0.05) is 5.56 Å². The Morgan fingerprint density at radius 2 is 1.81 bits per heavy atom. The molecule has 1 aliphatic rings. The van der Waals surface area contributed by atoms with E-state index in [-0.39, 0.29) is 18.1 Å². The molecule has 0 spiro atoms. The molecule has 2 rings (SSSR count). The third kappa shape index (κ3) is 3.07. The fraction of sp³-hybridized carbons (Fsp3) is 0.417. The number of carbonyl (C=O) groups excluding carboxylic acids is 1. The summed E-state index contributed by atoms with van der Waals surface area (Å²) in [4.78, 5) is 11.9. The quantitative estimate of drug-likeness (QED) is 0.528. The van der Waals surface area contributed by atoms with E-state index in [9.17, 15) is 26.7 Å². The zero-order valence-corrected chi connectivity index (χ0v) is 10.6. The molecule has 1 atom stereocenters. The number of ketones is 1. The number of ether oxygens (including phenoxy) is 2. The molecule has 1 aromatic carbocycles. The van der Waals surface area contributed by atoms with Crippen LogP contribution in [0.3, 0.4) is 0 Å². The molecule has 0 amide bonds. The van der Waals surface area contributed by atoms with E-state index in [2.05, 4.69) is 0 Å². The normalized spacial score (nSPS) is 15.9. The SMILES string of the molecule is CC(NC(F)(F)C(F)(F)F)C(=O)c1ccc2c(c1)OCO2. The first-order valence-electron chi connectivity index (χ1n) is 5.78. The van der Waals surface area contributed by atoms with E-state index < -0.39 is 24.0 Å². The van der Waals surface area contributed by atoms with Crippen molar-refractivity contribution in [3.05, 3.63) is 23.8 Å². The Hall–Kier alpha value is -1.90. The smallest absolute Gasteiger partial charge is 0.454 e. The number of fused-ring (bicyclic) bond motifs is 1. The third-order valence-corrected chi connectivity index (χ3v) is 2.80. The molecule has 0 saturated carbocycles. The maximum Gasteiger partial charge on any atom is 0.469 e. The monoisotopic (exact) mass is 311 g/mol. The van der Waals surface area contributed by atoms with Gasteiger partial charge in [0.15, 0.2) is 17.3 Å². The van der Waals surface area contributed by atoms with Crippen LogP contribution in [0.1, 0.15) is 17.3 Å². The van der Waals surface area contributed by atoms with E-state index in [0.29, 0.717) is 5.75 Å². The molecule has 1 N–H and O–H groups in total. The van der Waals surface area contributed by atoms with Crippen LogP contribution in [-0.2, 0) is 0 Å². The van der Waals surface area contributed by atoms with Gasteiger partial charge in [0.25, 0.3) is 0 Å². The minimum absolute atomic E-state index is 0.0487. The second kappa shape index (κ2) is 5.14. The minimum Gasteiger partial charge on any atom is -0.454 e. The fourth-order valence-electron chi connectivity index (χ4n) is 1.72. The average molecular weight is 311 g/mol. The lowest BCUT2D eigenvalue weighted by atomic mass is 10.0. The number of alkyl halides is 5. The Labute approximate surface area is 115 Å². The predicted octanol–water partition coefficient (Wildman–Crippen LogP) is 2.73. The highest BCUT2D eigenvalue weighted by molar-refractivity contribution is 6.00. The lowest BCUT2D eigenvalue weighted by Gasteiger charge is -2.24. The molecule has 1 heterocycles. The van der Waals surface area contributed by atoms with Crippen LogP contribution in [0.15, 0.2) is 18.2 Å². The molecule has 0 saturated heterocycles. The second-order valence-electron chi connectivity index (χ2n) is 4.37. The van der Waals surface area contributed by atoms with Crippen LogP contribution in [-0.4, -0.2) is 30.8 Å². The second-order valence-corrected chi connectivity index (χ2v) is 4.37. The van der Waals surface area contributed by atoms with Crippen LogP contribution in [0.25, 0.3) is 0 Å². The lowest BCUT2D eigenvalue weighted by Crippen LogP contribution is -2.54. The standard InChI is InChI=1S/C12H10F5NO3/c1-6(18-12(16,17)11(13,14)15)10(19)7-2-3-8-9(4-7)21-5-20-8/h2-4,6,18H,5H2,1H3. The first-order valence-corrected chi connectivity index (χ1v) is 5.78. The molecule has 0 bridgehead atoms. The van der Waals surface area contributed by atoms with Crippen molar-refractivity contribution in [1.82, 2.24) is 5.32 Å². The van der Waals surface area contributed by atoms with E-state index >= 15 is 0 Å². The van der Waals surface area contributed by atoms with Crippen molar-refractivity contribution in [2.45, 2.75) is 25.2 Å². The van der Waals surface area contributed by atoms with Crippen LogP contribution >= 0.6 is 0 Å². The zero-order chi connectivity index (χ0) is 15.8. The summed E-state index contributed by atoms with van der Waals surface area (Å²) in [6, 6.07) is -3.02. The van der Waals surface area contributed by atoms with Gasteiger partial charge in [-0.1, -0.05) is 0 Å². The van der Waals surface area contributed by atoms with Crippen LogP contribution in [0.4, 0.5) is 22.0 Å². The number of hydrogen-bond acceptors (Lipinski definition) is 4. The van der Waals surface area contributed by atoms with Crippen molar-refractivity contribution < 1.29 is 36.2 Å². The first kappa shape index (κ1) is 15.5. The first-order chi connectivity index (χ1) is 9.62. The molecular weight excluding hydrogens is 301 g/mol. The van der Waals surface area contributed by atoms with Gasteiger partial charge in [0.05, 0.1) is 6.04 Å². The number of benzene rings is 1. The van der Waals surface area contributed by atoms with Crippen molar-refractivity contribution in [3.63, 3.8) is 0 Å². The Kier molecular flexibility index (Phi) is 3.79. The van der Waals surface area contributed by atoms with Crippen molar-refractivity contribution in [1.29, 1.82) is 0 Å². The molecule has 0 aromatic heterocycles. The highest BCUT2D eigenvalue weighted by atomic mass is 19.4. The van der Waals surface area contributed by atoms with Crippen molar-refractivity contribution >= 4 is 5.78 Å². The number of halogens is 5. The van der Waals surface area contributed by atoms with E-state index in [1.807, 2.05) is 0 Å². The maximum atomic E-state index is 12.8. The predicted molar refractivity (Wildman–Crippen MR) is 60.5 cm³/mol. The van der Waals surface area contributed by atoms with E-state index in [1.165, 1.54) is 18.2 Å². The number of carbonyl (C=O) groups is 1. The molecule has 0 aliphatic carbocycles. The van der Waals surface area contributed by atoms with E-state index in [1.54, 1.807) is 0 Å². The number of hydrogen-bond donors (Lipinski definition) is 1. The van der Waals surface area contributed by atoms with E-state index in [4.69, 9.17) is 9.47 Å². The summed E-state index contributed by atoms with van der Waals surface area (Å²) in [6.45, 7) is 0.874. The van der Waals surface area contributed by atoms with Gasteiger partial charge < -0.3 is 9.47 Å². The van der Waals surface area contributed by atoms with Crippen LogP contribution in [0.5, 0.6) is 11.5 Å². The summed E-state index contributed by atoms with van der Waals surface area (Å²) in [5.74, 6) is -0.319. The summed E-state index contributed by atoms with van der Waals surface area (Å²) in [5.41, 5.74) is -0.0581. The Balaban J connectivity index is 2.13. The van der Waals surface area contributed by atoms with Gasteiger partial charge in [0.2, 0.25) is 6.79 Å². The number of rotatable bonds is 4. The van der Waals surface area contributed by atoms with Crippen LogP contribution in [0.2, 0.25) is 0 Å². The molecule has 1 aromatic rings. The maximum absolute atomic E-state index is 12.8. The van der Waals surface area contributed by atoms with Crippen molar-refractivity contribution in [3.8, 4) is 11.5 Å². The molecule has 0 radical (unpaired) electrons. The largest absolute Gasteiger partial charge is 0.469 e. The molecule has 9 heteroatoms. The molecule has 1 unspecified atom stereocenters. The molecule has 1 aliphatic heterocycles. The lowest BCUT2D eigenvalue weighted by molar-refractivity contribution is -0.296. The number of Topliss-reactive ketones (excluding diaryl/α,β-unsaturated/α-hetero) is 1. The number of nitrogens with one attached hydrogen (secondary N) is 1. The molecular formula is C12H10F5NO3. The highest BCUT2D eigenvalue weighted by Crippen LogP contribution is 2.35. The third-order valence-electron chi connectivity index (χ3n) is 2.80. The van der Waals surface area contributed by atoms with Gasteiger partial charge in [-0.3, -0.25) is 4.79 Å². The van der Waals surface area contributed by atoms with Gasteiger partial charge in [-0.25, -0.2) is 5.32 Å². The van der Waals surface area contributed by atoms with Gasteiger partial charge >= 0.3 is 12.2 Å². The minimum atomic E-state index is -5.78. The van der Waals surface area contributed by atoms with Crippen molar-refractivity contribution in [2.24, 2.45) is 0 Å². The Morgan fingerprint density at radius 1 is 1.19 bits per heavy atom. The van der Waals surface area contributed by atoms with Crippen LogP contribution < -0.4 is 14.8 Å². The van der Waals surface area contributed by atoms with Gasteiger partial charge in [-0.2, -0.15) is 22.0 Å². The summed E-state index contributed by atoms with van der Waals surface area (Å²) >= 11 is 0.